The molecular weight excluding hydrogens is 510 g/mol. The summed E-state index contributed by atoms with van der Waals surface area (Å²) in [6.07, 6.45) is -1.35. The van der Waals surface area contributed by atoms with E-state index in [2.05, 4.69) is 4.90 Å². The van der Waals surface area contributed by atoms with Crippen molar-refractivity contribution in [1.82, 2.24) is 14.4 Å². The molecule has 0 N–H and O–H groups in total. The fourth-order valence-electron chi connectivity index (χ4n) is 4.49. The van der Waals surface area contributed by atoms with Crippen LogP contribution in [0.2, 0.25) is 0 Å². The molecule has 1 aromatic heterocycles. The van der Waals surface area contributed by atoms with E-state index in [1.807, 2.05) is 6.07 Å². The summed E-state index contributed by atoms with van der Waals surface area (Å²) in [4.78, 5) is 29.0. The Bertz CT molecular complexity index is 1380. The molecule has 2 fully saturated rings. The molecule has 2 aliphatic rings. The number of aromatic nitrogens is 1. The minimum atomic E-state index is -4.67. The molecule has 194 valence electrons. The number of nitrogens with zero attached hydrogens (tertiary/aromatic N) is 3. The highest BCUT2D eigenvalue weighted by Gasteiger charge is 2.35. The van der Waals surface area contributed by atoms with Gasteiger partial charge >= 0.3 is 6.18 Å². The molecule has 0 spiro atoms. The zero-order valence-electron chi connectivity index (χ0n) is 19.6. The van der Waals surface area contributed by atoms with Gasteiger partial charge in [-0.25, -0.2) is 4.39 Å². The van der Waals surface area contributed by atoms with E-state index in [0.717, 1.165) is 42.4 Å². The summed E-state index contributed by atoms with van der Waals surface area (Å²) in [5.74, 6) is -1.28. The summed E-state index contributed by atoms with van der Waals surface area (Å²) in [6, 6.07) is 9.74. The highest BCUT2D eigenvalue weighted by Crippen LogP contribution is 2.34. The molecule has 0 atom stereocenters. The van der Waals surface area contributed by atoms with E-state index in [4.69, 9.17) is 4.74 Å². The standard InChI is InChI=1S/C26H23F4N3O3S/c27-20-3-2-19(21(15-20)26(28,29)30)16-32-6-5-18-13-17(1-4-22(18)32)14-23-24(34)33(25(35)37-23)8-7-31-9-11-36-12-10-31/h1-6,13-15H,7-12,16H2. The van der Waals surface area contributed by atoms with Gasteiger partial charge in [0, 0.05) is 49.8 Å². The second-order valence-corrected chi connectivity index (χ2v) is 9.84. The normalized spacial score (nSPS) is 18.5. The van der Waals surface area contributed by atoms with E-state index in [9.17, 15) is 27.2 Å². The monoisotopic (exact) mass is 533 g/mol. The fourth-order valence-corrected chi connectivity index (χ4v) is 5.36. The molecule has 2 amide bonds. The molecule has 3 heterocycles. The number of hydrogen-bond acceptors (Lipinski definition) is 5. The number of imide groups is 1. The van der Waals surface area contributed by atoms with Crippen LogP contribution in [-0.2, 0) is 22.3 Å². The first kappa shape index (κ1) is 25.5. The molecule has 0 aliphatic carbocycles. The number of fused-ring (bicyclic) bond motifs is 1. The highest BCUT2D eigenvalue weighted by molar-refractivity contribution is 8.18. The van der Waals surface area contributed by atoms with Crippen molar-refractivity contribution in [3.63, 3.8) is 0 Å². The van der Waals surface area contributed by atoms with Crippen LogP contribution in [0.3, 0.4) is 0 Å². The number of morpholine rings is 1. The molecular formula is C26H23F4N3O3S. The fraction of sp³-hybridized carbons (Fsp3) is 0.308. The molecule has 6 nitrogen and oxygen atoms in total. The van der Waals surface area contributed by atoms with Gasteiger partial charge in [0.1, 0.15) is 5.82 Å². The Morgan fingerprint density at radius 2 is 1.78 bits per heavy atom. The van der Waals surface area contributed by atoms with Crippen molar-refractivity contribution in [3.05, 3.63) is 76.1 Å². The predicted molar refractivity (Wildman–Crippen MR) is 132 cm³/mol. The summed E-state index contributed by atoms with van der Waals surface area (Å²) in [7, 11) is 0. The van der Waals surface area contributed by atoms with Crippen molar-refractivity contribution in [2.75, 3.05) is 39.4 Å². The lowest BCUT2D eigenvalue weighted by atomic mass is 10.1. The highest BCUT2D eigenvalue weighted by atomic mass is 32.2. The van der Waals surface area contributed by atoms with Crippen molar-refractivity contribution >= 4 is 39.9 Å². The van der Waals surface area contributed by atoms with Gasteiger partial charge in [-0.15, -0.1) is 0 Å². The summed E-state index contributed by atoms with van der Waals surface area (Å²) < 4.78 is 60.6. The van der Waals surface area contributed by atoms with E-state index < -0.39 is 17.6 Å². The lowest BCUT2D eigenvalue weighted by Crippen LogP contribution is -2.42. The van der Waals surface area contributed by atoms with E-state index in [0.29, 0.717) is 48.4 Å². The van der Waals surface area contributed by atoms with Crippen LogP contribution >= 0.6 is 11.8 Å². The average Bonchev–Trinajstić information content (AvgIpc) is 3.38. The molecule has 2 aromatic carbocycles. The number of rotatable bonds is 6. The maximum Gasteiger partial charge on any atom is 0.416 e. The number of ether oxygens (including phenoxy) is 1. The zero-order chi connectivity index (χ0) is 26.2. The molecule has 0 bridgehead atoms. The summed E-state index contributed by atoms with van der Waals surface area (Å²) >= 11 is 0.894. The van der Waals surface area contributed by atoms with Crippen LogP contribution in [0.4, 0.5) is 22.4 Å². The number of hydrogen-bond donors (Lipinski definition) is 0. The second-order valence-electron chi connectivity index (χ2n) is 8.85. The Balaban J connectivity index is 1.32. The van der Waals surface area contributed by atoms with Gasteiger partial charge < -0.3 is 9.30 Å². The van der Waals surface area contributed by atoms with Gasteiger partial charge in [-0.1, -0.05) is 12.1 Å². The number of carbonyl (C=O) groups excluding carboxylic acids is 2. The zero-order valence-corrected chi connectivity index (χ0v) is 20.4. The SMILES string of the molecule is O=C1SC(=Cc2ccc3c(ccn3Cc3ccc(F)cc3C(F)(F)F)c2)C(=O)N1CCN1CCOCC1. The maximum absolute atomic E-state index is 13.5. The first-order chi connectivity index (χ1) is 17.7. The van der Waals surface area contributed by atoms with Crippen LogP contribution in [-0.4, -0.2) is 64.9 Å². The molecule has 37 heavy (non-hydrogen) atoms. The van der Waals surface area contributed by atoms with Gasteiger partial charge in [0.2, 0.25) is 0 Å². The van der Waals surface area contributed by atoms with Crippen LogP contribution in [0, 0.1) is 5.82 Å². The molecule has 0 unspecified atom stereocenters. The quantitative estimate of drug-likeness (QED) is 0.322. The first-order valence-electron chi connectivity index (χ1n) is 11.7. The van der Waals surface area contributed by atoms with E-state index in [-0.39, 0.29) is 23.3 Å². The van der Waals surface area contributed by atoms with Crippen LogP contribution < -0.4 is 0 Å². The van der Waals surface area contributed by atoms with E-state index >= 15 is 0 Å². The Morgan fingerprint density at radius 1 is 1.00 bits per heavy atom. The van der Waals surface area contributed by atoms with Crippen LogP contribution in [0.5, 0.6) is 0 Å². The lowest BCUT2D eigenvalue weighted by molar-refractivity contribution is -0.138. The van der Waals surface area contributed by atoms with Crippen molar-refractivity contribution in [2.24, 2.45) is 0 Å². The summed E-state index contributed by atoms with van der Waals surface area (Å²) in [5, 5.41) is 0.451. The van der Waals surface area contributed by atoms with E-state index in [1.54, 1.807) is 35.0 Å². The third kappa shape index (κ3) is 5.58. The second kappa shape index (κ2) is 10.3. The van der Waals surface area contributed by atoms with Gasteiger partial charge in [0.25, 0.3) is 11.1 Å². The van der Waals surface area contributed by atoms with Crippen LogP contribution in [0.1, 0.15) is 16.7 Å². The predicted octanol–water partition coefficient (Wildman–Crippen LogP) is 5.22. The minimum Gasteiger partial charge on any atom is -0.379 e. The Hall–Kier alpha value is -3.15. The summed E-state index contributed by atoms with van der Waals surface area (Å²) in [6.45, 7) is 3.64. The number of amides is 2. The molecule has 5 rings (SSSR count). The number of carbonyl (C=O) groups is 2. The largest absolute Gasteiger partial charge is 0.416 e. The van der Waals surface area contributed by atoms with E-state index in [1.165, 1.54) is 4.90 Å². The van der Waals surface area contributed by atoms with Crippen molar-refractivity contribution in [2.45, 2.75) is 12.7 Å². The van der Waals surface area contributed by atoms with Gasteiger partial charge in [0.05, 0.1) is 23.7 Å². The van der Waals surface area contributed by atoms with Gasteiger partial charge in [0.15, 0.2) is 0 Å². The van der Waals surface area contributed by atoms with Crippen molar-refractivity contribution in [3.8, 4) is 0 Å². The smallest absolute Gasteiger partial charge is 0.379 e. The molecule has 0 radical (unpaired) electrons. The number of thioether (sulfide) groups is 1. The third-order valence-corrected chi connectivity index (χ3v) is 7.34. The maximum atomic E-state index is 13.5. The van der Waals surface area contributed by atoms with Gasteiger partial charge in [-0.3, -0.25) is 19.4 Å². The topological polar surface area (TPSA) is 54.8 Å². The minimum absolute atomic E-state index is 0.0405. The molecule has 2 aliphatic heterocycles. The van der Waals surface area contributed by atoms with Crippen LogP contribution in [0.25, 0.3) is 17.0 Å². The molecule has 0 saturated carbocycles. The van der Waals surface area contributed by atoms with Gasteiger partial charge in [-0.2, -0.15) is 13.2 Å². The van der Waals surface area contributed by atoms with Crippen molar-refractivity contribution in [1.29, 1.82) is 0 Å². The first-order valence-corrected chi connectivity index (χ1v) is 12.5. The van der Waals surface area contributed by atoms with Crippen molar-refractivity contribution < 1.29 is 31.9 Å². The average molecular weight is 534 g/mol. The Kier molecular flexibility index (Phi) is 7.11. The van der Waals surface area contributed by atoms with Crippen LogP contribution in [0.15, 0.2) is 53.6 Å². The lowest BCUT2D eigenvalue weighted by Gasteiger charge is -2.27. The Morgan fingerprint density at radius 3 is 2.54 bits per heavy atom. The molecule has 2 saturated heterocycles. The third-order valence-electron chi connectivity index (χ3n) is 6.43. The molecule has 3 aromatic rings. The summed E-state index contributed by atoms with van der Waals surface area (Å²) in [5.41, 5.74) is 0.339. The number of alkyl halides is 3. The number of benzene rings is 2. The Labute approximate surface area is 214 Å². The molecule has 11 heteroatoms. The van der Waals surface area contributed by atoms with Gasteiger partial charge in [-0.05, 0) is 59.3 Å². The number of halogens is 4.